The molecule has 5 unspecified atom stereocenters. The molecule has 2 aliphatic rings. The predicted octanol–water partition coefficient (Wildman–Crippen LogP) is 0.883. The Morgan fingerprint density at radius 3 is 2.10 bits per heavy atom. The van der Waals surface area contributed by atoms with Crippen molar-refractivity contribution in [2.75, 3.05) is 6.61 Å². The topological polar surface area (TPSA) is 88.4 Å². The molecular formula is C14H28O6Sn. The average Bonchev–Trinajstić information content (AvgIpc) is 2.86. The number of aliphatic hydroxyl groups is 3. The molecule has 0 aromatic rings. The molecule has 2 saturated heterocycles. The first-order valence-electron chi connectivity index (χ1n) is 8.05. The molecule has 0 saturated carbocycles. The molecule has 0 spiro atoms. The number of aliphatic hydroxyl groups excluding tert-OH is 3. The number of unbranched alkanes of at least 4 members (excludes halogenated alkanes) is 2. The van der Waals surface area contributed by atoms with Crippen LogP contribution in [0.5, 0.6) is 0 Å². The Hall–Kier alpha value is 0.559. The van der Waals surface area contributed by atoms with Gasteiger partial charge in [0.1, 0.15) is 0 Å². The number of rotatable bonds is 7. The van der Waals surface area contributed by atoms with Crippen molar-refractivity contribution >= 4 is 19.2 Å². The molecular weight excluding hydrogens is 383 g/mol. The van der Waals surface area contributed by atoms with Crippen LogP contribution in [0.2, 0.25) is 8.87 Å². The molecule has 2 heterocycles. The van der Waals surface area contributed by atoms with Gasteiger partial charge in [-0.2, -0.15) is 0 Å². The van der Waals surface area contributed by atoms with Crippen molar-refractivity contribution in [2.24, 2.45) is 0 Å². The summed E-state index contributed by atoms with van der Waals surface area (Å²) in [6.45, 7) is 3.94. The van der Waals surface area contributed by atoms with Crippen LogP contribution in [0.1, 0.15) is 39.5 Å². The molecule has 0 aromatic carbocycles. The van der Waals surface area contributed by atoms with Crippen LogP contribution in [0.15, 0.2) is 0 Å². The van der Waals surface area contributed by atoms with Gasteiger partial charge in [-0.05, 0) is 0 Å². The zero-order valence-corrected chi connectivity index (χ0v) is 15.8. The van der Waals surface area contributed by atoms with Crippen molar-refractivity contribution in [2.45, 2.75) is 79.1 Å². The predicted molar refractivity (Wildman–Crippen MR) is 78.9 cm³/mol. The fourth-order valence-electron chi connectivity index (χ4n) is 3.02. The van der Waals surface area contributed by atoms with Gasteiger partial charge in [0.2, 0.25) is 0 Å². The van der Waals surface area contributed by atoms with Crippen LogP contribution < -0.4 is 0 Å². The third-order valence-corrected chi connectivity index (χ3v) is 14.6. The molecule has 7 heteroatoms. The van der Waals surface area contributed by atoms with Crippen molar-refractivity contribution in [3.05, 3.63) is 0 Å². The van der Waals surface area contributed by atoms with Crippen LogP contribution in [-0.4, -0.2) is 71.8 Å². The summed E-state index contributed by atoms with van der Waals surface area (Å²) in [5.74, 6) is 0. The minimum absolute atomic E-state index is 0.336. The molecule has 0 amide bonds. The Bertz CT molecular complexity index is 321. The summed E-state index contributed by atoms with van der Waals surface area (Å²) in [6.07, 6.45) is 0.0579. The van der Waals surface area contributed by atoms with E-state index in [0.717, 1.165) is 34.6 Å². The maximum atomic E-state index is 10.2. The summed E-state index contributed by atoms with van der Waals surface area (Å²) in [5, 5.41) is 29.4. The summed E-state index contributed by atoms with van der Waals surface area (Å²) in [7, 11) is 0. The van der Waals surface area contributed by atoms with Crippen LogP contribution in [0.4, 0.5) is 0 Å². The molecule has 21 heavy (non-hydrogen) atoms. The Morgan fingerprint density at radius 2 is 1.57 bits per heavy atom. The van der Waals surface area contributed by atoms with E-state index in [1.54, 1.807) is 0 Å². The Kier molecular flexibility index (Phi) is 6.73. The van der Waals surface area contributed by atoms with E-state index < -0.39 is 49.9 Å². The average molecular weight is 411 g/mol. The fourth-order valence-corrected chi connectivity index (χ4v) is 14.2. The molecule has 0 aliphatic carbocycles. The van der Waals surface area contributed by atoms with Crippen molar-refractivity contribution in [1.82, 2.24) is 0 Å². The van der Waals surface area contributed by atoms with Crippen LogP contribution in [0.25, 0.3) is 0 Å². The standard InChI is InChI=1S/C6H10O6.2C4H9.Sn/c7-1-2-3(8)4(9)5(10)6(11)12-2;2*1-3-4-2;/h2-9H,1H2;2*1,3-4H2,2H3;/q-2;;;+2. The fraction of sp³-hybridized carbons (Fsp3) is 1.00. The van der Waals surface area contributed by atoms with Crippen molar-refractivity contribution in [3.8, 4) is 0 Å². The summed E-state index contributed by atoms with van der Waals surface area (Å²) in [4.78, 5) is 0. The first-order valence-corrected chi connectivity index (χ1v) is 14.4. The molecule has 5 atom stereocenters. The van der Waals surface area contributed by atoms with Gasteiger partial charge in [-0.3, -0.25) is 0 Å². The first-order chi connectivity index (χ1) is 10.1. The van der Waals surface area contributed by atoms with Crippen molar-refractivity contribution in [3.63, 3.8) is 0 Å². The quantitative estimate of drug-likeness (QED) is 0.540. The van der Waals surface area contributed by atoms with Crippen LogP contribution in [0, 0.1) is 0 Å². The maximum absolute atomic E-state index is 10.2. The van der Waals surface area contributed by atoms with E-state index in [9.17, 15) is 15.3 Å². The van der Waals surface area contributed by atoms with Crippen LogP contribution >= 0.6 is 0 Å². The van der Waals surface area contributed by atoms with Gasteiger partial charge < -0.3 is 0 Å². The van der Waals surface area contributed by atoms with Gasteiger partial charge in [0.05, 0.1) is 0 Å². The molecule has 2 fully saturated rings. The Balaban J connectivity index is 2.09. The molecule has 2 rings (SSSR count). The van der Waals surface area contributed by atoms with E-state index in [2.05, 4.69) is 13.8 Å². The van der Waals surface area contributed by atoms with Gasteiger partial charge >= 0.3 is 131 Å². The van der Waals surface area contributed by atoms with Crippen LogP contribution in [0.3, 0.4) is 0 Å². The third kappa shape index (κ3) is 3.91. The second-order valence-corrected chi connectivity index (χ2v) is 15.4. The van der Waals surface area contributed by atoms with Crippen molar-refractivity contribution in [1.29, 1.82) is 0 Å². The number of fused-ring (bicyclic) bond motifs is 1. The zero-order valence-electron chi connectivity index (χ0n) is 12.9. The SMILES string of the molecule is CCC[CH2][Sn]1([CH2]CCC)[O]C2OC(CO)C(O)C(O)C2[O]1. The van der Waals surface area contributed by atoms with E-state index >= 15 is 0 Å². The summed E-state index contributed by atoms with van der Waals surface area (Å²) in [6, 6.07) is 0. The van der Waals surface area contributed by atoms with Crippen molar-refractivity contribution < 1.29 is 26.2 Å². The molecule has 0 radical (unpaired) electrons. The van der Waals surface area contributed by atoms with E-state index in [1.807, 2.05) is 0 Å². The molecule has 6 nitrogen and oxygen atoms in total. The molecule has 2 aliphatic heterocycles. The van der Waals surface area contributed by atoms with Gasteiger partial charge in [-0.25, -0.2) is 0 Å². The second-order valence-electron chi connectivity index (χ2n) is 6.02. The van der Waals surface area contributed by atoms with Gasteiger partial charge in [0, 0.05) is 0 Å². The number of hydrogen-bond acceptors (Lipinski definition) is 6. The normalized spacial score (nSPS) is 38.4. The van der Waals surface area contributed by atoms with E-state index in [0.29, 0.717) is 0 Å². The summed E-state index contributed by atoms with van der Waals surface area (Å²) >= 11 is -3.24. The monoisotopic (exact) mass is 412 g/mol. The summed E-state index contributed by atoms with van der Waals surface area (Å²) in [5.41, 5.74) is 0. The minimum atomic E-state index is -3.24. The zero-order chi connectivity index (χ0) is 15.5. The Morgan fingerprint density at radius 1 is 0.952 bits per heavy atom. The van der Waals surface area contributed by atoms with Gasteiger partial charge in [-0.15, -0.1) is 0 Å². The van der Waals surface area contributed by atoms with Gasteiger partial charge in [-0.1, -0.05) is 0 Å². The second kappa shape index (κ2) is 7.90. The Labute approximate surface area is 131 Å². The third-order valence-electron chi connectivity index (χ3n) is 4.33. The molecule has 3 N–H and O–H groups in total. The molecule has 0 bridgehead atoms. The van der Waals surface area contributed by atoms with Crippen LogP contribution in [-0.2, 0) is 10.9 Å². The van der Waals surface area contributed by atoms with E-state index in [1.165, 1.54) is 0 Å². The van der Waals surface area contributed by atoms with E-state index in [4.69, 9.17) is 10.9 Å². The first kappa shape index (κ1) is 17.9. The van der Waals surface area contributed by atoms with Gasteiger partial charge in [0.15, 0.2) is 0 Å². The van der Waals surface area contributed by atoms with Gasteiger partial charge in [0.25, 0.3) is 0 Å². The molecule has 124 valence electrons. The molecule has 0 aromatic heterocycles. The number of ether oxygens (including phenoxy) is 1. The number of hydrogen-bond donors (Lipinski definition) is 3. The van der Waals surface area contributed by atoms with E-state index in [-0.39, 0.29) is 6.61 Å². The summed E-state index contributed by atoms with van der Waals surface area (Å²) < 4.78 is 19.9.